The fourth-order valence-corrected chi connectivity index (χ4v) is 2.79. The molecule has 0 aromatic heterocycles. The maximum Gasteiger partial charge on any atom is 0.239 e. The fraction of sp³-hybridized carbons (Fsp3) is 0.562. The summed E-state index contributed by atoms with van der Waals surface area (Å²) in [5, 5.41) is 3.34. The van der Waals surface area contributed by atoms with E-state index in [1.807, 2.05) is 14.1 Å². The third-order valence-electron chi connectivity index (χ3n) is 3.97. The Bertz CT molecular complexity index is 442. The van der Waals surface area contributed by atoms with Crippen molar-refractivity contribution >= 4 is 5.91 Å². The molecule has 3 heteroatoms. The van der Waals surface area contributed by atoms with Crippen molar-refractivity contribution in [1.29, 1.82) is 0 Å². The lowest BCUT2D eigenvalue weighted by Crippen LogP contribution is -2.47. The highest BCUT2D eigenvalue weighted by Gasteiger charge is 2.28. The van der Waals surface area contributed by atoms with Crippen molar-refractivity contribution < 1.29 is 4.79 Å². The highest BCUT2D eigenvalue weighted by molar-refractivity contribution is 5.81. The third kappa shape index (κ3) is 3.35. The van der Waals surface area contributed by atoms with Gasteiger partial charge in [0.15, 0.2) is 0 Å². The number of hydrogen-bond acceptors (Lipinski definition) is 2. The van der Waals surface area contributed by atoms with E-state index >= 15 is 0 Å². The second kappa shape index (κ2) is 6.20. The summed E-state index contributed by atoms with van der Waals surface area (Å²) in [6.45, 7) is 3.10. The number of likely N-dealkylation sites (N-methyl/N-ethyl adjacent to an activating group) is 1. The van der Waals surface area contributed by atoms with Crippen molar-refractivity contribution in [3.63, 3.8) is 0 Å². The van der Waals surface area contributed by atoms with Crippen LogP contribution in [0.1, 0.15) is 36.8 Å². The van der Waals surface area contributed by atoms with E-state index in [0.717, 1.165) is 25.8 Å². The molecule has 0 saturated carbocycles. The Kier molecular flexibility index (Phi) is 4.59. The van der Waals surface area contributed by atoms with Gasteiger partial charge in [-0.3, -0.25) is 4.79 Å². The summed E-state index contributed by atoms with van der Waals surface area (Å²) in [6, 6.07) is 8.78. The van der Waals surface area contributed by atoms with E-state index in [-0.39, 0.29) is 11.9 Å². The number of nitrogens with one attached hydrogen (secondary N) is 1. The van der Waals surface area contributed by atoms with Crippen molar-refractivity contribution in [3.8, 4) is 0 Å². The normalized spacial score (nSPS) is 23.1. The van der Waals surface area contributed by atoms with Crippen molar-refractivity contribution in [2.45, 2.75) is 38.1 Å². The van der Waals surface area contributed by atoms with Gasteiger partial charge in [-0.05, 0) is 42.9 Å². The predicted octanol–water partition coefficient (Wildman–Crippen LogP) is 2.17. The molecule has 1 fully saturated rings. The minimum atomic E-state index is -0.0287. The molecule has 2 unspecified atom stereocenters. The first kappa shape index (κ1) is 14.1. The van der Waals surface area contributed by atoms with Gasteiger partial charge in [-0.15, -0.1) is 0 Å². The number of hydrogen-bond donors (Lipinski definition) is 1. The SMILES string of the molecule is CCc1cccc(C2CCNC(C(=O)N(C)C)C2)c1. The molecule has 1 aliphatic heterocycles. The Morgan fingerprint density at radius 3 is 2.89 bits per heavy atom. The van der Waals surface area contributed by atoms with Crippen molar-refractivity contribution in [3.05, 3.63) is 35.4 Å². The molecule has 0 radical (unpaired) electrons. The molecular weight excluding hydrogens is 236 g/mol. The van der Waals surface area contributed by atoms with Crippen molar-refractivity contribution in [1.82, 2.24) is 10.2 Å². The summed E-state index contributed by atoms with van der Waals surface area (Å²) in [5.74, 6) is 0.693. The quantitative estimate of drug-likeness (QED) is 0.903. The van der Waals surface area contributed by atoms with E-state index in [1.165, 1.54) is 11.1 Å². The van der Waals surface area contributed by atoms with Gasteiger partial charge in [-0.1, -0.05) is 31.2 Å². The van der Waals surface area contributed by atoms with Gasteiger partial charge in [0, 0.05) is 14.1 Å². The molecule has 3 nitrogen and oxygen atoms in total. The first-order valence-corrected chi connectivity index (χ1v) is 7.15. The van der Waals surface area contributed by atoms with E-state index in [9.17, 15) is 4.79 Å². The number of aryl methyl sites for hydroxylation is 1. The zero-order valence-electron chi connectivity index (χ0n) is 12.1. The molecule has 1 aromatic carbocycles. The summed E-state index contributed by atoms with van der Waals surface area (Å²) >= 11 is 0. The maximum absolute atomic E-state index is 12.1. The fourth-order valence-electron chi connectivity index (χ4n) is 2.79. The summed E-state index contributed by atoms with van der Waals surface area (Å²) < 4.78 is 0. The van der Waals surface area contributed by atoms with Crippen LogP contribution in [-0.2, 0) is 11.2 Å². The third-order valence-corrected chi connectivity index (χ3v) is 3.97. The summed E-state index contributed by atoms with van der Waals surface area (Å²) in [7, 11) is 3.65. The minimum Gasteiger partial charge on any atom is -0.347 e. The minimum absolute atomic E-state index is 0.0287. The van der Waals surface area contributed by atoms with Crippen molar-refractivity contribution in [2.24, 2.45) is 0 Å². The monoisotopic (exact) mass is 260 g/mol. The lowest BCUT2D eigenvalue weighted by Gasteiger charge is -2.31. The largest absolute Gasteiger partial charge is 0.347 e. The van der Waals surface area contributed by atoms with Gasteiger partial charge in [0.1, 0.15) is 0 Å². The first-order chi connectivity index (χ1) is 9.11. The lowest BCUT2D eigenvalue weighted by atomic mass is 9.85. The average Bonchev–Trinajstić information content (AvgIpc) is 2.46. The Balaban J connectivity index is 2.10. The summed E-state index contributed by atoms with van der Waals surface area (Å²) in [6.07, 6.45) is 3.09. The molecule has 104 valence electrons. The van der Waals surface area contributed by atoms with E-state index < -0.39 is 0 Å². The van der Waals surface area contributed by atoms with Crippen LogP contribution in [0.5, 0.6) is 0 Å². The van der Waals surface area contributed by atoms with Gasteiger partial charge in [-0.2, -0.15) is 0 Å². The number of benzene rings is 1. The van der Waals surface area contributed by atoms with E-state index in [1.54, 1.807) is 4.90 Å². The van der Waals surface area contributed by atoms with Crippen LogP contribution in [0.2, 0.25) is 0 Å². The van der Waals surface area contributed by atoms with Crippen LogP contribution < -0.4 is 5.32 Å². The number of rotatable bonds is 3. The number of piperidine rings is 1. The number of carbonyl (C=O) groups excluding carboxylic acids is 1. The zero-order valence-corrected chi connectivity index (χ0v) is 12.1. The maximum atomic E-state index is 12.1. The Labute approximate surface area is 116 Å². The first-order valence-electron chi connectivity index (χ1n) is 7.15. The van der Waals surface area contributed by atoms with Gasteiger partial charge in [-0.25, -0.2) is 0 Å². The van der Waals surface area contributed by atoms with Crippen LogP contribution in [0.25, 0.3) is 0 Å². The molecular formula is C16H24N2O. The van der Waals surface area contributed by atoms with Crippen LogP contribution in [-0.4, -0.2) is 37.5 Å². The number of carbonyl (C=O) groups is 1. The highest BCUT2D eigenvalue weighted by Crippen LogP contribution is 2.28. The molecule has 2 rings (SSSR count). The Hall–Kier alpha value is -1.35. The number of nitrogens with zero attached hydrogens (tertiary/aromatic N) is 1. The smallest absolute Gasteiger partial charge is 0.239 e. The van der Waals surface area contributed by atoms with Crippen LogP contribution in [0, 0.1) is 0 Å². The Morgan fingerprint density at radius 1 is 1.42 bits per heavy atom. The van der Waals surface area contributed by atoms with Crippen LogP contribution in [0.4, 0.5) is 0 Å². The molecule has 0 spiro atoms. The standard InChI is InChI=1S/C16H24N2O/c1-4-12-6-5-7-13(10-12)14-8-9-17-15(11-14)16(19)18(2)3/h5-7,10,14-15,17H,4,8-9,11H2,1-3H3. The van der Waals surface area contributed by atoms with Crippen molar-refractivity contribution in [2.75, 3.05) is 20.6 Å². The van der Waals surface area contributed by atoms with Crippen LogP contribution >= 0.6 is 0 Å². The molecule has 1 aromatic rings. The second-order valence-corrected chi connectivity index (χ2v) is 5.56. The average molecular weight is 260 g/mol. The molecule has 1 saturated heterocycles. The molecule has 1 aliphatic rings. The molecule has 0 aliphatic carbocycles. The lowest BCUT2D eigenvalue weighted by molar-refractivity contribution is -0.131. The highest BCUT2D eigenvalue weighted by atomic mass is 16.2. The van der Waals surface area contributed by atoms with Gasteiger partial charge >= 0.3 is 0 Å². The second-order valence-electron chi connectivity index (χ2n) is 5.56. The molecule has 1 heterocycles. The predicted molar refractivity (Wildman–Crippen MR) is 78.3 cm³/mol. The van der Waals surface area contributed by atoms with E-state index in [2.05, 4.69) is 36.5 Å². The van der Waals surface area contributed by atoms with E-state index in [0.29, 0.717) is 5.92 Å². The van der Waals surface area contributed by atoms with Crippen LogP contribution in [0.3, 0.4) is 0 Å². The van der Waals surface area contributed by atoms with Gasteiger partial charge < -0.3 is 10.2 Å². The Morgan fingerprint density at radius 2 is 2.21 bits per heavy atom. The molecule has 2 atom stereocenters. The summed E-state index contributed by atoms with van der Waals surface area (Å²) in [4.78, 5) is 13.7. The molecule has 1 N–H and O–H groups in total. The topological polar surface area (TPSA) is 32.3 Å². The van der Waals surface area contributed by atoms with Gasteiger partial charge in [0.25, 0.3) is 0 Å². The molecule has 1 amide bonds. The molecule has 19 heavy (non-hydrogen) atoms. The van der Waals surface area contributed by atoms with Crippen LogP contribution in [0.15, 0.2) is 24.3 Å². The zero-order chi connectivity index (χ0) is 13.8. The van der Waals surface area contributed by atoms with Gasteiger partial charge in [0.2, 0.25) is 5.91 Å². The summed E-state index contributed by atoms with van der Waals surface area (Å²) in [5.41, 5.74) is 2.77. The van der Waals surface area contributed by atoms with Gasteiger partial charge in [0.05, 0.1) is 6.04 Å². The van der Waals surface area contributed by atoms with E-state index in [4.69, 9.17) is 0 Å². The number of amides is 1. The molecule has 0 bridgehead atoms.